The van der Waals surface area contributed by atoms with Gasteiger partial charge in [0.05, 0.1) is 0 Å². The molecular formula is C14H22FN3O. The third kappa shape index (κ3) is 4.01. The van der Waals surface area contributed by atoms with Crippen LogP contribution in [0.25, 0.3) is 0 Å². The number of carbonyl (C=O) groups is 1. The van der Waals surface area contributed by atoms with E-state index >= 15 is 0 Å². The Labute approximate surface area is 113 Å². The molecule has 0 bridgehead atoms. The van der Waals surface area contributed by atoms with Gasteiger partial charge in [0.15, 0.2) is 0 Å². The number of amides is 1. The van der Waals surface area contributed by atoms with Crippen LogP contribution in [0.15, 0.2) is 18.2 Å². The van der Waals surface area contributed by atoms with Gasteiger partial charge >= 0.3 is 0 Å². The maximum absolute atomic E-state index is 13.8. The molecule has 0 radical (unpaired) electrons. The average molecular weight is 267 g/mol. The summed E-state index contributed by atoms with van der Waals surface area (Å²) in [6.07, 6.45) is 0.998. The second-order valence-electron chi connectivity index (χ2n) is 4.60. The van der Waals surface area contributed by atoms with E-state index in [0.29, 0.717) is 23.7 Å². The van der Waals surface area contributed by atoms with Gasteiger partial charge in [0.1, 0.15) is 5.82 Å². The van der Waals surface area contributed by atoms with Gasteiger partial charge in [0.25, 0.3) is 5.91 Å². The lowest BCUT2D eigenvalue weighted by molar-refractivity contribution is 0.0953. The van der Waals surface area contributed by atoms with Gasteiger partial charge in [-0.15, -0.1) is 0 Å². The zero-order chi connectivity index (χ0) is 14.4. The Balaban J connectivity index is 2.95. The fourth-order valence-corrected chi connectivity index (χ4v) is 1.98. The van der Waals surface area contributed by atoms with E-state index in [1.54, 1.807) is 6.07 Å². The molecule has 19 heavy (non-hydrogen) atoms. The molecule has 1 unspecified atom stereocenters. The summed E-state index contributed by atoms with van der Waals surface area (Å²) < 4.78 is 13.8. The van der Waals surface area contributed by atoms with Gasteiger partial charge in [0, 0.05) is 23.7 Å². The highest BCUT2D eigenvalue weighted by Gasteiger charge is 2.14. The average Bonchev–Trinajstić information content (AvgIpc) is 2.44. The molecule has 3 N–H and O–H groups in total. The van der Waals surface area contributed by atoms with E-state index in [4.69, 9.17) is 5.84 Å². The van der Waals surface area contributed by atoms with Crippen molar-refractivity contribution in [3.63, 3.8) is 0 Å². The smallest absolute Gasteiger partial charge is 0.265 e. The van der Waals surface area contributed by atoms with E-state index < -0.39 is 5.91 Å². The number of benzene rings is 1. The van der Waals surface area contributed by atoms with E-state index in [1.165, 1.54) is 12.1 Å². The van der Waals surface area contributed by atoms with Gasteiger partial charge in [-0.1, -0.05) is 13.8 Å². The molecule has 1 atom stereocenters. The molecule has 1 rings (SSSR count). The summed E-state index contributed by atoms with van der Waals surface area (Å²) in [6, 6.07) is 4.67. The van der Waals surface area contributed by atoms with E-state index in [-0.39, 0.29) is 5.82 Å². The Morgan fingerprint density at radius 1 is 1.47 bits per heavy atom. The van der Waals surface area contributed by atoms with Crippen molar-refractivity contribution in [2.24, 2.45) is 5.84 Å². The number of nitrogens with zero attached hydrogens (tertiary/aromatic N) is 1. The van der Waals surface area contributed by atoms with E-state index in [9.17, 15) is 9.18 Å². The van der Waals surface area contributed by atoms with Crippen LogP contribution in [0, 0.1) is 5.82 Å². The third-order valence-corrected chi connectivity index (χ3v) is 3.43. The highest BCUT2D eigenvalue weighted by atomic mass is 19.1. The summed E-state index contributed by atoms with van der Waals surface area (Å²) in [5.74, 6) is 4.38. The van der Waals surface area contributed by atoms with Crippen molar-refractivity contribution in [2.45, 2.75) is 39.8 Å². The summed E-state index contributed by atoms with van der Waals surface area (Å²) in [5.41, 5.74) is 2.95. The van der Waals surface area contributed by atoms with Crippen LogP contribution in [-0.4, -0.2) is 23.4 Å². The SMILES string of the molecule is CCC(C)N(CC)Cc1cc(C(=O)NN)ccc1F. The van der Waals surface area contributed by atoms with Gasteiger partial charge in [0.2, 0.25) is 0 Å². The van der Waals surface area contributed by atoms with Gasteiger partial charge in [-0.2, -0.15) is 0 Å². The number of hydrogen-bond acceptors (Lipinski definition) is 3. The molecule has 0 aromatic heterocycles. The molecule has 4 nitrogen and oxygen atoms in total. The molecule has 106 valence electrons. The van der Waals surface area contributed by atoms with Gasteiger partial charge < -0.3 is 0 Å². The van der Waals surface area contributed by atoms with Crippen LogP contribution in [0.1, 0.15) is 43.1 Å². The number of hydrogen-bond donors (Lipinski definition) is 2. The monoisotopic (exact) mass is 267 g/mol. The highest BCUT2D eigenvalue weighted by Crippen LogP contribution is 2.15. The fraction of sp³-hybridized carbons (Fsp3) is 0.500. The minimum Gasteiger partial charge on any atom is -0.297 e. The van der Waals surface area contributed by atoms with Crippen molar-refractivity contribution in [1.82, 2.24) is 10.3 Å². The summed E-state index contributed by atoms with van der Waals surface area (Å²) in [6.45, 7) is 7.57. The summed E-state index contributed by atoms with van der Waals surface area (Å²) >= 11 is 0. The second-order valence-corrected chi connectivity index (χ2v) is 4.60. The number of rotatable bonds is 6. The van der Waals surface area contributed by atoms with Crippen molar-refractivity contribution in [3.8, 4) is 0 Å². The predicted octanol–water partition coefficient (Wildman–Crippen LogP) is 2.05. The third-order valence-electron chi connectivity index (χ3n) is 3.43. The minimum atomic E-state index is -0.409. The van der Waals surface area contributed by atoms with Crippen LogP contribution < -0.4 is 11.3 Å². The minimum absolute atomic E-state index is 0.296. The maximum Gasteiger partial charge on any atom is 0.265 e. The zero-order valence-electron chi connectivity index (χ0n) is 11.7. The van der Waals surface area contributed by atoms with Crippen LogP contribution in [-0.2, 0) is 6.54 Å². The molecule has 0 fully saturated rings. The van der Waals surface area contributed by atoms with Crippen LogP contribution in [0.3, 0.4) is 0 Å². The van der Waals surface area contributed by atoms with Gasteiger partial charge in [-0.25, -0.2) is 10.2 Å². The summed E-state index contributed by atoms with van der Waals surface area (Å²) in [7, 11) is 0. The largest absolute Gasteiger partial charge is 0.297 e. The molecule has 0 aliphatic carbocycles. The first-order valence-corrected chi connectivity index (χ1v) is 6.56. The Morgan fingerprint density at radius 3 is 2.68 bits per heavy atom. The molecule has 1 aromatic carbocycles. The highest BCUT2D eigenvalue weighted by molar-refractivity contribution is 5.93. The van der Waals surface area contributed by atoms with Crippen LogP contribution in [0.4, 0.5) is 4.39 Å². The molecule has 0 saturated heterocycles. The van der Waals surface area contributed by atoms with Gasteiger partial charge in [-0.05, 0) is 38.1 Å². The van der Waals surface area contributed by atoms with Crippen molar-refractivity contribution in [2.75, 3.05) is 6.54 Å². The standard InChI is InChI=1S/C14H22FN3O/c1-4-10(3)18(5-2)9-12-8-11(14(19)17-16)6-7-13(12)15/h6-8,10H,4-5,9,16H2,1-3H3,(H,17,19). The quantitative estimate of drug-likeness (QED) is 0.471. The lowest BCUT2D eigenvalue weighted by Crippen LogP contribution is -2.33. The lowest BCUT2D eigenvalue weighted by atomic mass is 10.1. The van der Waals surface area contributed by atoms with E-state index in [1.807, 2.05) is 6.92 Å². The second kappa shape index (κ2) is 7.21. The maximum atomic E-state index is 13.8. The lowest BCUT2D eigenvalue weighted by Gasteiger charge is -2.27. The van der Waals surface area contributed by atoms with Crippen LogP contribution >= 0.6 is 0 Å². The molecule has 1 aromatic rings. The molecule has 0 aliphatic heterocycles. The van der Waals surface area contributed by atoms with E-state index in [2.05, 4.69) is 24.2 Å². The number of carbonyl (C=O) groups excluding carboxylic acids is 1. The predicted molar refractivity (Wildman–Crippen MR) is 73.9 cm³/mol. The molecule has 0 aliphatic rings. The van der Waals surface area contributed by atoms with Crippen molar-refractivity contribution in [3.05, 3.63) is 35.1 Å². The summed E-state index contributed by atoms with van der Waals surface area (Å²) in [5, 5.41) is 0. The normalized spacial score (nSPS) is 12.5. The van der Waals surface area contributed by atoms with Gasteiger partial charge in [-0.3, -0.25) is 15.1 Å². The number of hydrazine groups is 1. The first kappa shape index (κ1) is 15.6. The fourth-order valence-electron chi connectivity index (χ4n) is 1.98. The Kier molecular flexibility index (Phi) is 5.92. The first-order chi connectivity index (χ1) is 9.03. The number of halogens is 1. The molecular weight excluding hydrogens is 245 g/mol. The Hall–Kier alpha value is -1.46. The van der Waals surface area contributed by atoms with Crippen LogP contribution in [0.2, 0.25) is 0 Å². The molecule has 0 saturated carbocycles. The summed E-state index contributed by atoms with van der Waals surface area (Å²) in [4.78, 5) is 13.6. The van der Waals surface area contributed by atoms with Crippen molar-refractivity contribution < 1.29 is 9.18 Å². The van der Waals surface area contributed by atoms with E-state index in [0.717, 1.165) is 13.0 Å². The first-order valence-electron chi connectivity index (χ1n) is 6.56. The molecule has 0 heterocycles. The molecule has 1 amide bonds. The Morgan fingerprint density at radius 2 is 2.16 bits per heavy atom. The number of nitrogens with one attached hydrogen (secondary N) is 1. The Bertz CT molecular complexity index is 437. The number of nitrogen functional groups attached to an aromatic ring is 1. The molecule has 5 heteroatoms. The van der Waals surface area contributed by atoms with Crippen LogP contribution in [0.5, 0.6) is 0 Å². The molecule has 0 spiro atoms. The number of nitrogens with two attached hydrogens (primary N) is 1. The topological polar surface area (TPSA) is 58.4 Å². The zero-order valence-corrected chi connectivity index (χ0v) is 11.7. The van der Waals surface area contributed by atoms with Crippen molar-refractivity contribution >= 4 is 5.91 Å². The van der Waals surface area contributed by atoms with Crippen molar-refractivity contribution in [1.29, 1.82) is 0 Å².